The number of anilines is 2. The number of amides is 2. The summed E-state index contributed by atoms with van der Waals surface area (Å²) < 4.78 is 5.29. The molecule has 150 valence electrons. The maximum absolute atomic E-state index is 12.3. The maximum Gasteiger partial charge on any atom is 0.250 e. The molecule has 3 aromatic heterocycles. The van der Waals surface area contributed by atoms with Gasteiger partial charge in [-0.2, -0.15) is 0 Å². The number of nitrogens with one attached hydrogen (secondary N) is 2. The zero-order chi connectivity index (χ0) is 20.8. The van der Waals surface area contributed by atoms with Gasteiger partial charge in [-0.25, -0.2) is 9.97 Å². The molecule has 2 amide bonds. The lowest BCUT2D eigenvalue weighted by molar-refractivity contribution is -0.115. The summed E-state index contributed by atoms with van der Waals surface area (Å²) in [6.07, 6.45) is 4.83. The second-order valence-corrected chi connectivity index (χ2v) is 7.83. The molecule has 0 bridgehead atoms. The van der Waals surface area contributed by atoms with E-state index < -0.39 is 0 Å². The highest BCUT2D eigenvalue weighted by Crippen LogP contribution is 2.25. The van der Waals surface area contributed by atoms with Crippen molar-refractivity contribution in [1.29, 1.82) is 0 Å². The van der Waals surface area contributed by atoms with Crippen molar-refractivity contribution in [3.05, 3.63) is 76.8 Å². The van der Waals surface area contributed by atoms with Gasteiger partial charge >= 0.3 is 0 Å². The fraction of sp³-hybridized carbons (Fsp3) is 0.0476. The van der Waals surface area contributed by atoms with Crippen LogP contribution in [-0.2, 0) is 16.0 Å². The van der Waals surface area contributed by atoms with E-state index in [1.165, 1.54) is 28.7 Å². The number of carbonyl (C=O) groups is 2. The molecule has 3 heterocycles. The molecule has 4 aromatic rings. The Kier molecular flexibility index (Phi) is 6.11. The van der Waals surface area contributed by atoms with Crippen molar-refractivity contribution in [3.63, 3.8) is 0 Å². The van der Waals surface area contributed by atoms with Gasteiger partial charge in [0, 0.05) is 16.8 Å². The summed E-state index contributed by atoms with van der Waals surface area (Å²) in [6, 6.07) is 13.1. The minimum absolute atomic E-state index is 0.0852. The fourth-order valence-corrected chi connectivity index (χ4v) is 3.95. The molecule has 0 aliphatic carbocycles. The van der Waals surface area contributed by atoms with Crippen molar-refractivity contribution >= 4 is 50.8 Å². The summed E-state index contributed by atoms with van der Waals surface area (Å²) in [7, 11) is 0. The lowest BCUT2D eigenvalue weighted by atomic mass is 10.2. The number of nitrogens with zero attached hydrogens (tertiary/aromatic N) is 2. The molecule has 0 radical (unpaired) electrons. The van der Waals surface area contributed by atoms with E-state index in [4.69, 9.17) is 4.42 Å². The van der Waals surface area contributed by atoms with Crippen molar-refractivity contribution < 1.29 is 14.0 Å². The van der Waals surface area contributed by atoms with E-state index in [0.717, 1.165) is 5.56 Å². The Morgan fingerprint density at radius 3 is 2.57 bits per heavy atom. The van der Waals surface area contributed by atoms with Crippen LogP contribution < -0.4 is 10.6 Å². The molecule has 1 aromatic carbocycles. The molecule has 0 fully saturated rings. The molecule has 2 N–H and O–H groups in total. The Hall–Kier alpha value is -3.56. The number of thiazole rings is 2. The molecular weight excluding hydrogens is 420 g/mol. The zero-order valence-electron chi connectivity index (χ0n) is 15.6. The molecule has 0 unspecified atom stereocenters. The summed E-state index contributed by atoms with van der Waals surface area (Å²) in [5.74, 6) is 0.132. The summed E-state index contributed by atoms with van der Waals surface area (Å²) in [5, 5.41) is 9.94. The summed E-state index contributed by atoms with van der Waals surface area (Å²) >= 11 is 2.59. The monoisotopic (exact) mass is 436 g/mol. The van der Waals surface area contributed by atoms with Gasteiger partial charge < -0.3 is 9.73 Å². The predicted molar refractivity (Wildman–Crippen MR) is 118 cm³/mol. The average molecular weight is 437 g/mol. The van der Waals surface area contributed by atoms with Gasteiger partial charge in [-0.3, -0.25) is 14.9 Å². The molecule has 0 spiro atoms. The van der Waals surface area contributed by atoms with Crippen molar-refractivity contribution in [2.75, 3.05) is 10.6 Å². The number of rotatable bonds is 7. The van der Waals surface area contributed by atoms with Crippen LogP contribution in [0.25, 0.3) is 17.5 Å². The minimum atomic E-state index is -0.280. The van der Waals surface area contributed by atoms with Crippen LogP contribution in [0.3, 0.4) is 0 Å². The first-order valence-electron chi connectivity index (χ1n) is 8.93. The van der Waals surface area contributed by atoms with E-state index in [0.29, 0.717) is 27.4 Å². The molecule has 0 saturated carbocycles. The molecule has 0 atom stereocenters. The third-order valence-electron chi connectivity index (χ3n) is 3.87. The van der Waals surface area contributed by atoms with Gasteiger partial charge in [-0.05, 0) is 23.8 Å². The first-order valence-corrected chi connectivity index (χ1v) is 10.7. The smallest absolute Gasteiger partial charge is 0.250 e. The summed E-state index contributed by atoms with van der Waals surface area (Å²) in [5.41, 5.74) is 2.17. The zero-order valence-corrected chi connectivity index (χ0v) is 17.2. The molecule has 0 saturated heterocycles. The highest BCUT2D eigenvalue weighted by atomic mass is 32.1. The highest BCUT2D eigenvalue weighted by Gasteiger charge is 2.12. The van der Waals surface area contributed by atoms with Crippen molar-refractivity contribution in [2.45, 2.75) is 6.42 Å². The molecular formula is C21H16N4O3S2. The Balaban J connectivity index is 1.29. The van der Waals surface area contributed by atoms with Crippen LogP contribution in [0.2, 0.25) is 0 Å². The van der Waals surface area contributed by atoms with E-state index >= 15 is 0 Å². The Morgan fingerprint density at radius 1 is 0.967 bits per heavy atom. The van der Waals surface area contributed by atoms with Gasteiger partial charge in [0.25, 0.3) is 0 Å². The lowest BCUT2D eigenvalue weighted by Crippen LogP contribution is -2.14. The van der Waals surface area contributed by atoms with Crippen molar-refractivity contribution in [2.24, 2.45) is 0 Å². The van der Waals surface area contributed by atoms with Gasteiger partial charge in [0.15, 0.2) is 16.0 Å². The number of hydrogen-bond donors (Lipinski definition) is 2. The molecule has 7 nitrogen and oxygen atoms in total. The lowest BCUT2D eigenvalue weighted by Gasteiger charge is -1.99. The van der Waals surface area contributed by atoms with Gasteiger partial charge in [0.05, 0.1) is 18.4 Å². The van der Waals surface area contributed by atoms with Gasteiger partial charge in [0.2, 0.25) is 11.8 Å². The molecule has 30 heavy (non-hydrogen) atoms. The molecule has 9 heteroatoms. The third-order valence-corrected chi connectivity index (χ3v) is 5.44. The van der Waals surface area contributed by atoms with E-state index in [-0.39, 0.29) is 18.2 Å². The van der Waals surface area contributed by atoms with Crippen LogP contribution in [0, 0.1) is 0 Å². The molecule has 0 aliphatic heterocycles. The van der Waals surface area contributed by atoms with E-state index in [1.807, 2.05) is 35.7 Å². The van der Waals surface area contributed by atoms with Crippen molar-refractivity contribution in [1.82, 2.24) is 9.97 Å². The summed E-state index contributed by atoms with van der Waals surface area (Å²) in [6.45, 7) is 0. The number of hydrogen-bond acceptors (Lipinski definition) is 7. The average Bonchev–Trinajstić information content (AvgIpc) is 3.49. The normalized spacial score (nSPS) is 10.9. The SMILES string of the molecule is O=C(C=Cc1ccccc1)Nc1nc(CC(=O)Nc2nc(-c3ccco3)cs2)cs1. The van der Waals surface area contributed by atoms with Crippen LogP contribution in [0.15, 0.2) is 70.0 Å². The first kappa shape index (κ1) is 19.7. The number of aromatic nitrogens is 2. The van der Waals surface area contributed by atoms with Gasteiger partial charge in [-0.15, -0.1) is 22.7 Å². The van der Waals surface area contributed by atoms with Crippen LogP contribution in [0.1, 0.15) is 11.3 Å². The number of carbonyl (C=O) groups excluding carboxylic acids is 2. The Morgan fingerprint density at radius 2 is 1.77 bits per heavy atom. The van der Waals surface area contributed by atoms with E-state index in [1.54, 1.807) is 29.9 Å². The molecule has 0 aliphatic rings. The first-order chi connectivity index (χ1) is 14.7. The van der Waals surface area contributed by atoms with Crippen LogP contribution in [0.5, 0.6) is 0 Å². The second kappa shape index (κ2) is 9.29. The Bertz CT molecular complexity index is 1160. The van der Waals surface area contributed by atoms with Gasteiger partial charge in [-0.1, -0.05) is 30.3 Å². The topological polar surface area (TPSA) is 97.1 Å². The maximum atomic E-state index is 12.3. The number of furan rings is 1. The van der Waals surface area contributed by atoms with E-state index in [2.05, 4.69) is 20.6 Å². The highest BCUT2D eigenvalue weighted by molar-refractivity contribution is 7.14. The summed E-state index contributed by atoms with van der Waals surface area (Å²) in [4.78, 5) is 32.9. The van der Waals surface area contributed by atoms with Gasteiger partial charge in [0.1, 0.15) is 5.69 Å². The quantitative estimate of drug-likeness (QED) is 0.410. The number of benzene rings is 1. The van der Waals surface area contributed by atoms with Crippen LogP contribution >= 0.6 is 22.7 Å². The minimum Gasteiger partial charge on any atom is -0.463 e. The second-order valence-electron chi connectivity index (χ2n) is 6.12. The predicted octanol–water partition coefficient (Wildman–Crippen LogP) is 4.69. The standard InChI is InChI=1S/C21H16N4O3S2/c26-18(9-8-14-5-2-1-3-6-14)24-20-22-15(12-29-20)11-19(27)25-21-23-16(13-30-21)17-7-4-10-28-17/h1-10,12-13H,11H2,(H,22,24,26)(H,23,25,27). The van der Waals surface area contributed by atoms with E-state index in [9.17, 15) is 9.59 Å². The van der Waals surface area contributed by atoms with Crippen molar-refractivity contribution in [3.8, 4) is 11.5 Å². The Labute approximate surface area is 180 Å². The van der Waals surface area contributed by atoms with Crippen LogP contribution in [0.4, 0.5) is 10.3 Å². The fourth-order valence-electron chi connectivity index (χ4n) is 2.53. The molecule has 4 rings (SSSR count). The van der Waals surface area contributed by atoms with Crippen LogP contribution in [-0.4, -0.2) is 21.8 Å². The third kappa shape index (κ3) is 5.28. The largest absolute Gasteiger partial charge is 0.463 e.